The van der Waals surface area contributed by atoms with Gasteiger partial charge in [-0.05, 0) is 19.1 Å². The lowest BCUT2D eigenvalue weighted by molar-refractivity contribution is 0.389. The van der Waals surface area contributed by atoms with Crippen LogP contribution in [-0.4, -0.2) is 16.7 Å². The molecule has 0 amide bonds. The number of aromatic nitrogens is 2. The highest BCUT2D eigenvalue weighted by Gasteiger charge is 2.16. The number of nitrogens with zero attached hydrogens (tertiary/aromatic N) is 2. The van der Waals surface area contributed by atoms with Crippen LogP contribution < -0.4 is 10.5 Å². The average molecular weight is 235 g/mol. The van der Waals surface area contributed by atoms with Crippen LogP contribution in [0, 0.1) is 12.7 Å². The van der Waals surface area contributed by atoms with E-state index in [-0.39, 0.29) is 11.4 Å². The minimum Gasteiger partial charge on any atom is -0.492 e. The van der Waals surface area contributed by atoms with Crippen molar-refractivity contribution in [1.29, 1.82) is 0 Å². The molecule has 0 aliphatic rings. The summed E-state index contributed by atoms with van der Waals surface area (Å²) in [7, 11) is 3.23. The van der Waals surface area contributed by atoms with Crippen molar-refractivity contribution >= 4 is 5.69 Å². The van der Waals surface area contributed by atoms with E-state index in [4.69, 9.17) is 10.5 Å². The molecule has 0 spiro atoms. The van der Waals surface area contributed by atoms with Gasteiger partial charge in [0.15, 0.2) is 11.6 Å². The lowest BCUT2D eigenvalue weighted by Gasteiger charge is -2.10. The number of halogens is 1. The Morgan fingerprint density at radius 3 is 2.65 bits per heavy atom. The highest BCUT2D eigenvalue weighted by Crippen LogP contribution is 2.33. The molecule has 0 bridgehead atoms. The Hall–Kier alpha value is -2.04. The molecule has 4 nitrogen and oxygen atoms in total. The van der Waals surface area contributed by atoms with E-state index in [1.165, 1.54) is 7.11 Å². The molecule has 0 saturated heterocycles. The van der Waals surface area contributed by atoms with E-state index >= 15 is 0 Å². The van der Waals surface area contributed by atoms with E-state index in [1.807, 2.05) is 18.5 Å². The van der Waals surface area contributed by atoms with Gasteiger partial charge >= 0.3 is 0 Å². The molecule has 2 N–H and O–H groups in total. The van der Waals surface area contributed by atoms with Crippen molar-refractivity contribution < 1.29 is 9.13 Å². The molecule has 0 unspecified atom stereocenters. The van der Waals surface area contributed by atoms with Crippen LogP contribution in [0.25, 0.3) is 11.3 Å². The Labute approximate surface area is 98.8 Å². The van der Waals surface area contributed by atoms with Crippen LogP contribution in [0.2, 0.25) is 0 Å². The van der Waals surface area contributed by atoms with Gasteiger partial charge in [-0.3, -0.25) is 0 Å². The number of methoxy groups -OCH3 is 1. The van der Waals surface area contributed by atoms with Gasteiger partial charge in [0.25, 0.3) is 0 Å². The number of nitrogen functional groups attached to an aromatic ring is 1. The first-order valence-electron chi connectivity index (χ1n) is 5.17. The van der Waals surface area contributed by atoms with Crippen LogP contribution in [0.1, 0.15) is 5.82 Å². The number of hydrogen-bond donors (Lipinski definition) is 1. The zero-order valence-corrected chi connectivity index (χ0v) is 9.99. The summed E-state index contributed by atoms with van der Waals surface area (Å²) >= 11 is 0. The normalized spacial score (nSPS) is 10.6. The first-order chi connectivity index (χ1) is 8.06. The Morgan fingerprint density at radius 1 is 1.41 bits per heavy atom. The zero-order chi connectivity index (χ0) is 12.6. The summed E-state index contributed by atoms with van der Waals surface area (Å²) in [6.45, 7) is 1.86. The average Bonchev–Trinajstić information content (AvgIpc) is 2.61. The number of nitrogens with two attached hydrogens (primary N) is 1. The fraction of sp³-hybridized carbons (Fsp3) is 0.250. The van der Waals surface area contributed by atoms with Gasteiger partial charge in [0, 0.05) is 12.6 Å². The molecule has 5 heteroatoms. The summed E-state index contributed by atoms with van der Waals surface area (Å²) in [5.41, 5.74) is 7.04. The molecule has 0 saturated carbocycles. The predicted octanol–water partition coefficient (Wildman–Crippen LogP) is 2.13. The van der Waals surface area contributed by atoms with Crippen molar-refractivity contribution in [1.82, 2.24) is 9.55 Å². The molecule has 0 fully saturated rings. The Morgan fingerprint density at radius 2 is 2.12 bits per heavy atom. The summed E-state index contributed by atoms with van der Waals surface area (Å²) in [6, 6.07) is 3.25. The summed E-state index contributed by atoms with van der Waals surface area (Å²) in [6.07, 6.45) is 1.63. The fourth-order valence-corrected chi connectivity index (χ4v) is 1.73. The SMILES string of the molecule is COc1c(N)ccc(-c2cnc(C)n2C)c1F. The smallest absolute Gasteiger partial charge is 0.178 e. The summed E-state index contributed by atoms with van der Waals surface area (Å²) in [4.78, 5) is 4.14. The number of imidazole rings is 1. The largest absolute Gasteiger partial charge is 0.492 e. The lowest BCUT2D eigenvalue weighted by Crippen LogP contribution is -2.00. The van der Waals surface area contributed by atoms with Crippen molar-refractivity contribution in [2.24, 2.45) is 7.05 Å². The fourth-order valence-electron chi connectivity index (χ4n) is 1.73. The van der Waals surface area contributed by atoms with Gasteiger partial charge in [-0.1, -0.05) is 0 Å². The first-order valence-corrected chi connectivity index (χ1v) is 5.17. The number of rotatable bonds is 2. The van der Waals surface area contributed by atoms with Crippen molar-refractivity contribution in [3.05, 3.63) is 30.0 Å². The van der Waals surface area contributed by atoms with E-state index in [2.05, 4.69) is 4.98 Å². The number of hydrogen-bond acceptors (Lipinski definition) is 3. The molecule has 0 atom stereocenters. The Balaban J connectivity index is 2.65. The third kappa shape index (κ3) is 1.73. The van der Waals surface area contributed by atoms with Crippen LogP contribution in [0.4, 0.5) is 10.1 Å². The predicted molar refractivity (Wildman–Crippen MR) is 64.3 cm³/mol. The molecule has 0 aliphatic heterocycles. The van der Waals surface area contributed by atoms with E-state index in [1.54, 1.807) is 18.3 Å². The maximum Gasteiger partial charge on any atom is 0.178 e. The molecule has 1 aromatic heterocycles. The highest BCUT2D eigenvalue weighted by atomic mass is 19.1. The van der Waals surface area contributed by atoms with E-state index in [0.717, 1.165) is 5.82 Å². The number of ether oxygens (including phenoxy) is 1. The molecule has 2 rings (SSSR count). The molecule has 0 aliphatic carbocycles. The number of anilines is 1. The topological polar surface area (TPSA) is 53.1 Å². The van der Waals surface area contributed by atoms with Crippen LogP contribution in [-0.2, 0) is 7.05 Å². The van der Waals surface area contributed by atoms with Crippen LogP contribution in [0.3, 0.4) is 0 Å². The molecule has 90 valence electrons. The number of aryl methyl sites for hydroxylation is 1. The van der Waals surface area contributed by atoms with E-state index in [0.29, 0.717) is 11.3 Å². The molecular weight excluding hydrogens is 221 g/mol. The van der Waals surface area contributed by atoms with Crippen LogP contribution >= 0.6 is 0 Å². The first kappa shape index (κ1) is 11.4. The second-order valence-corrected chi connectivity index (χ2v) is 3.80. The van der Waals surface area contributed by atoms with Crippen LogP contribution in [0.15, 0.2) is 18.3 Å². The molecule has 2 aromatic rings. The summed E-state index contributed by atoms with van der Waals surface area (Å²) in [5.74, 6) is 0.423. The second-order valence-electron chi connectivity index (χ2n) is 3.80. The van der Waals surface area contributed by atoms with Gasteiger partial charge in [-0.15, -0.1) is 0 Å². The molecular formula is C12H14FN3O. The standard InChI is InChI=1S/C12H14FN3O/c1-7-15-6-10(16(7)2)8-4-5-9(14)12(17-3)11(8)13/h4-6H,14H2,1-3H3. The maximum atomic E-state index is 14.2. The molecule has 1 heterocycles. The molecule has 1 aromatic carbocycles. The zero-order valence-electron chi connectivity index (χ0n) is 9.99. The van der Waals surface area contributed by atoms with Crippen molar-refractivity contribution in [3.63, 3.8) is 0 Å². The second kappa shape index (κ2) is 4.08. The van der Waals surface area contributed by atoms with Gasteiger partial charge in [-0.2, -0.15) is 0 Å². The summed E-state index contributed by atoms with van der Waals surface area (Å²) < 4.78 is 20.9. The van der Waals surface area contributed by atoms with Gasteiger partial charge in [0.1, 0.15) is 5.82 Å². The third-order valence-electron chi connectivity index (χ3n) is 2.83. The lowest BCUT2D eigenvalue weighted by atomic mass is 10.1. The van der Waals surface area contributed by atoms with E-state index in [9.17, 15) is 4.39 Å². The minimum atomic E-state index is -0.462. The van der Waals surface area contributed by atoms with Crippen LogP contribution in [0.5, 0.6) is 5.75 Å². The Kier molecular flexibility index (Phi) is 2.75. The third-order valence-corrected chi connectivity index (χ3v) is 2.83. The molecule has 17 heavy (non-hydrogen) atoms. The minimum absolute atomic E-state index is 0.0707. The van der Waals surface area contributed by atoms with E-state index < -0.39 is 5.82 Å². The van der Waals surface area contributed by atoms with Gasteiger partial charge in [0.05, 0.1) is 24.7 Å². The highest BCUT2D eigenvalue weighted by molar-refractivity contribution is 5.68. The molecule has 0 radical (unpaired) electrons. The van der Waals surface area contributed by atoms with Gasteiger partial charge in [0.2, 0.25) is 0 Å². The summed E-state index contributed by atoms with van der Waals surface area (Å²) in [5, 5.41) is 0. The van der Waals surface area contributed by atoms with Gasteiger partial charge in [-0.25, -0.2) is 9.37 Å². The number of benzene rings is 1. The maximum absolute atomic E-state index is 14.2. The van der Waals surface area contributed by atoms with Crippen molar-refractivity contribution in [2.45, 2.75) is 6.92 Å². The van der Waals surface area contributed by atoms with Gasteiger partial charge < -0.3 is 15.0 Å². The quantitative estimate of drug-likeness (QED) is 0.811. The van der Waals surface area contributed by atoms with Crippen molar-refractivity contribution in [2.75, 3.05) is 12.8 Å². The monoisotopic (exact) mass is 235 g/mol. The van der Waals surface area contributed by atoms with Crippen molar-refractivity contribution in [3.8, 4) is 17.0 Å². The Bertz CT molecular complexity index is 563.